The van der Waals surface area contributed by atoms with Gasteiger partial charge in [0.25, 0.3) is 0 Å². The van der Waals surface area contributed by atoms with Gasteiger partial charge in [0.2, 0.25) is 0 Å². The summed E-state index contributed by atoms with van der Waals surface area (Å²) >= 11 is 0. The molecule has 0 spiro atoms. The molecular formula is C22H20FN5O4. The second kappa shape index (κ2) is 8.75. The highest BCUT2D eigenvalue weighted by atomic mass is 19.1. The number of pyridine rings is 1. The number of halogens is 1. The molecule has 1 saturated heterocycles. The van der Waals surface area contributed by atoms with Crippen LogP contribution in [0.25, 0.3) is 11.1 Å². The summed E-state index contributed by atoms with van der Waals surface area (Å²) < 4.78 is 25.2. The number of anilines is 1. The molecule has 10 heteroatoms. The van der Waals surface area contributed by atoms with E-state index in [1.165, 1.54) is 17.2 Å². The number of nitrogens with one attached hydrogen (secondary N) is 1. The van der Waals surface area contributed by atoms with Crippen LogP contribution in [0.15, 0.2) is 58.4 Å². The Kier molecular flexibility index (Phi) is 5.51. The van der Waals surface area contributed by atoms with Crippen molar-refractivity contribution < 1.29 is 23.3 Å². The van der Waals surface area contributed by atoms with E-state index >= 15 is 0 Å². The molecule has 1 fully saturated rings. The summed E-state index contributed by atoms with van der Waals surface area (Å²) in [5.41, 5.74) is 5.59. The molecule has 32 heavy (non-hydrogen) atoms. The molecule has 0 bridgehead atoms. The maximum Gasteiger partial charge on any atom is 0.414 e. The van der Waals surface area contributed by atoms with Gasteiger partial charge in [-0.15, -0.1) is 0 Å². The molecule has 1 atom stereocenters. The number of benzene rings is 1. The molecule has 0 saturated carbocycles. The van der Waals surface area contributed by atoms with Crippen molar-refractivity contribution in [3.63, 3.8) is 0 Å². The van der Waals surface area contributed by atoms with Crippen LogP contribution in [0.2, 0.25) is 0 Å². The maximum atomic E-state index is 14.9. The third-order valence-electron chi connectivity index (χ3n) is 5.30. The van der Waals surface area contributed by atoms with Gasteiger partial charge >= 0.3 is 6.09 Å². The summed E-state index contributed by atoms with van der Waals surface area (Å²) in [4.78, 5) is 27.6. The highest BCUT2D eigenvalue weighted by Crippen LogP contribution is 2.29. The second-order valence-corrected chi connectivity index (χ2v) is 7.42. The quantitative estimate of drug-likeness (QED) is 0.632. The van der Waals surface area contributed by atoms with Crippen molar-refractivity contribution in [2.75, 3.05) is 24.6 Å². The number of carbonyl (C=O) groups is 1. The summed E-state index contributed by atoms with van der Waals surface area (Å²) in [6.07, 6.45) is 3.54. The monoisotopic (exact) mass is 437 g/mol. The van der Waals surface area contributed by atoms with Gasteiger partial charge in [0.15, 0.2) is 5.84 Å². The molecule has 0 radical (unpaired) electrons. The van der Waals surface area contributed by atoms with Crippen LogP contribution in [-0.2, 0) is 16.0 Å². The van der Waals surface area contributed by atoms with Crippen LogP contribution >= 0.6 is 0 Å². The Morgan fingerprint density at radius 2 is 2.16 bits per heavy atom. The molecule has 1 N–H and O–H groups in total. The molecule has 4 heterocycles. The van der Waals surface area contributed by atoms with Crippen LogP contribution in [0.1, 0.15) is 17.8 Å². The lowest BCUT2D eigenvalue weighted by Crippen LogP contribution is -2.31. The number of nitrogens with zero attached hydrogens (tertiary/aromatic N) is 4. The molecule has 3 aromatic rings. The first-order valence-corrected chi connectivity index (χ1v) is 10.2. The topological polar surface area (TPSA) is 102 Å². The number of ether oxygens (including phenoxy) is 1. The predicted octanol–water partition coefficient (Wildman–Crippen LogP) is 3.12. The molecule has 2 aliphatic heterocycles. The van der Waals surface area contributed by atoms with E-state index in [9.17, 15) is 9.18 Å². The fourth-order valence-electron chi connectivity index (χ4n) is 3.65. The molecular weight excluding hydrogens is 417 g/mol. The molecule has 0 aliphatic carbocycles. The van der Waals surface area contributed by atoms with E-state index in [2.05, 4.69) is 20.6 Å². The fourth-order valence-corrected chi connectivity index (χ4v) is 3.65. The van der Waals surface area contributed by atoms with Gasteiger partial charge in [0.1, 0.15) is 23.9 Å². The van der Waals surface area contributed by atoms with Crippen LogP contribution in [0, 0.1) is 5.82 Å². The first-order chi connectivity index (χ1) is 15.7. The number of amidine groups is 1. The summed E-state index contributed by atoms with van der Waals surface area (Å²) in [5.74, 6) is 0.0941. The van der Waals surface area contributed by atoms with Crippen molar-refractivity contribution in [1.82, 2.24) is 15.6 Å². The summed E-state index contributed by atoms with van der Waals surface area (Å²) in [6.45, 7) is 1.41. The highest BCUT2D eigenvalue weighted by molar-refractivity contribution is 5.96. The normalized spacial score (nSPS) is 18.3. The average molecular weight is 437 g/mol. The molecule has 164 valence electrons. The Balaban J connectivity index is 1.28. The number of aliphatic imine (C=N–C) groups is 1. The number of amides is 1. The highest BCUT2D eigenvalue weighted by Gasteiger charge is 2.32. The van der Waals surface area contributed by atoms with Gasteiger partial charge in [-0.1, -0.05) is 11.2 Å². The van der Waals surface area contributed by atoms with E-state index in [1.807, 2.05) is 0 Å². The number of rotatable bonds is 6. The maximum absolute atomic E-state index is 14.9. The minimum atomic E-state index is -0.490. The Morgan fingerprint density at radius 3 is 2.88 bits per heavy atom. The Morgan fingerprint density at radius 1 is 1.22 bits per heavy atom. The number of aryl methyl sites for hydroxylation is 1. The lowest BCUT2D eigenvalue weighted by Gasteiger charge is -2.15. The lowest BCUT2D eigenvalue weighted by atomic mass is 10.1. The SMILES string of the molecule is O=C1O[C@@H](CCc2ccon2)CN1c1ccc(-c2ccc(C3=NCCON3)nc2)c(F)c1. The smallest absolute Gasteiger partial charge is 0.414 e. The first kappa shape index (κ1) is 20.1. The molecule has 2 aromatic heterocycles. The molecule has 0 unspecified atom stereocenters. The van der Waals surface area contributed by atoms with Crippen LogP contribution < -0.4 is 10.4 Å². The zero-order chi connectivity index (χ0) is 21.9. The third-order valence-corrected chi connectivity index (χ3v) is 5.30. The minimum absolute atomic E-state index is 0.293. The summed E-state index contributed by atoms with van der Waals surface area (Å²) in [7, 11) is 0. The number of hydrogen-bond acceptors (Lipinski definition) is 8. The van der Waals surface area contributed by atoms with E-state index in [-0.39, 0.29) is 6.10 Å². The van der Waals surface area contributed by atoms with E-state index in [4.69, 9.17) is 14.1 Å². The molecule has 9 nitrogen and oxygen atoms in total. The van der Waals surface area contributed by atoms with Crippen molar-refractivity contribution in [3.8, 4) is 11.1 Å². The number of aromatic nitrogens is 2. The first-order valence-electron chi connectivity index (χ1n) is 10.2. The zero-order valence-electron chi connectivity index (χ0n) is 17.0. The van der Waals surface area contributed by atoms with Crippen LogP contribution in [0.3, 0.4) is 0 Å². The van der Waals surface area contributed by atoms with Gasteiger partial charge in [0, 0.05) is 23.4 Å². The van der Waals surface area contributed by atoms with Crippen LogP contribution in [0.4, 0.5) is 14.9 Å². The van der Waals surface area contributed by atoms with Crippen molar-refractivity contribution in [1.29, 1.82) is 0 Å². The van der Waals surface area contributed by atoms with Gasteiger partial charge in [-0.3, -0.25) is 19.7 Å². The zero-order valence-corrected chi connectivity index (χ0v) is 17.0. The molecule has 5 rings (SSSR count). The standard InChI is InChI=1S/C22H20FN5O4/c23-19-11-16(28-13-17(32-22(28)29)4-2-15-7-9-30-26-15)3-5-18(19)14-1-6-20(25-12-14)21-24-8-10-31-27-21/h1,3,5-7,9,11-12,17H,2,4,8,10,13H2,(H,24,27)/t17-/m0/s1. The van der Waals surface area contributed by atoms with Gasteiger partial charge < -0.3 is 9.26 Å². The van der Waals surface area contributed by atoms with E-state index in [1.54, 1.807) is 36.5 Å². The van der Waals surface area contributed by atoms with E-state index in [0.717, 1.165) is 5.69 Å². The number of cyclic esters (lactones) is 1. The number of hydroxylamine groups is 1. The van der Waals surface area contributed by atoms with Crippen LogP contribution in [-0.4, -0.2) is 47.9 Å². The Hall–Kier alpha value is -3.79. The van der Waals surface area contributed by atoms with Gasteiger partial charge in [0.05, 0.1) is 31.1 Å². The van der Waals surface area contributed by atoms with Crippen molar-refractivity contribution in [2.24, 2.45) is 4.99 Å². The van der Waals surface area contributed by atoms with Gasteiger partial charge in [-0.05, 0) is 37.1 Å². The molecule has 1 aromatic carbocycles. The summed E-state index contributed by atoms with van der Waals surface area (Å²) in [6, 6.07) is 9.97. The van der Waals surface area contributed by atoms with Crippen molar-refractivity contribution in [3.05, 3.63) is 66.1 Å². The molecule has 1 amide bonds. The minimum Gasteiger partial charge on any atom is -0.444 e. The fraction of sp³-hybridized carbons (Fsp3) is 0.273. The van der Waals surface area contributed by atoms with Crippen molar-refractivity contribution in [2.45, 2.75) is 18.9 Å². The predicted molar refractivity (Wildman–Crippen MR) is 113 cm³/mol. The van der Waals surface area contributed by atoms with Crippen molar-refractivity contribution >= 4 is 17.6 Å². The largest absolute Gasteiger partial charge is 0.444 e. The van der Waals surface area contributed by atoms with Gasteiger partial charge in [-0.25, -0.2) is 14.7 Å². The third kappa shape index (κ3) is 4.17. The number of hydrogen-bond donors (Lipinski definition) is 1. The Labute approximate surface area is 182 Å². The Bertz CT molecular complexity index is 1130. The van der Waals surface area contributed by atoms with Crippen LogP contribution in [0.5, 0.6) is 0 Å². The molecule has 2 aliphatic rings. The van der Waals surface area contributed by atoms with E-state index in [0.29, 0.717) is 60.9 Å². The lowest BCUT2D eigenvalue weighted by molar-refractivity contribution is 0.0824. The van der Waals surface area contributed by atoms with Gasteiger partial charge in [-0.2, -0.15) is 0 Å². The summed E-state index contributed by atoms with van der Waals surface area (Å²) in [5, 5.41) is 3.86. The number of carbonyl (C=O) groups excluding carboxylic acids is 1. The second-order valence-electron chi connectivity index (χ2n) is 7.42. The average Bonchev–Trinajstić information content (AvgIpc) is 3.48. The van der Waals surface area contributed by atoms with E-state index < -0.39 is 11.9 Å².